The van der Waals surface area contributed by atoms with Crippen LogP contribution in [0.3, 0.4) is 0 Å². The maximum Gasteiger partial charge on any atom is 0.0210 e. The summed E-state index contributed by atoms with van der Waals surface area (Å²) in [5.74, 6) is 0. The lowest BCUT2D eigenvalue weighted by molar-refractivity contribution is 0.685. The van der Waals surface area contributed by atoms with Gasteiger partial charge in [-0.1, -0.05) is 24.3 Å². The molecule has 0 unspecified atom stereocenters. The molecule has 0 amide bonds. The molecule has 0 aliphatic heterocycles. The molecule has 0 saturated heterocycles. The summed E-state index contributed by atoms with van der Waals surface area (Å²) in [4.78, 5) is 1.46. The van der Waals surface area contributed by atoms with Gasteiger partial charge in [-0.3, -0.25) is 0 Å². The minimum absolute atomic E-state index is 0.976. The molecule has 1 N–H and O–H groups in total. The second-order valence-corrected chi connectivity index (χ2v) is 5.41. The van der Waals surface area contributed by atoms with Gasteiger partial charge in [-0.15, -0.1) is 11.3 Å². The largest absolute Gasteiger partial charge is 0.312 e. The van der Waals surface area contributed by atoms with Crippen LogP contribution in [0.5, 0.6) is 0 Å². The topological polar surface area (TPSA) is 12.0 Å². The first-order valence-electron chi connectivity index (χ1n) is 6.05. The van der Waals surface area contributed by atoms with Gasteiger partial charge < -0.3 is 5.32 Å². The summed E-state index contributed by atoms with van der Waals surface area (Å²) in [7, 11) is 0. The molecule has 0 fully saturated rings. The Morgan fingerprint density at radius 3 is 2.47 bits per heavy atom. The van der Waals surface area contributed by atoms with Crippen LogP contribution in [0.15, 0.2) is 35.7 Å². The lowest BCUT2D eigenvalue weighted by Crippen LogP contribution is -2.17. The Balaban J connectivity index is 1.82. The van der Waals surface area contributed by atoms with Crippen LogP contribution in [0.4, 0.5) is 0 Å². The average Bonchev–Trinajstić information content (AvgIpc) is 2.80. The molecular weight excluding hydrogens is 226 g/mol. The number of benzene rings is 1. The Hall–Kier alpha value is -1.12. The highest BCUT2D eigenvalue weighted by molar-refractivity contribution is 7.09. The Morgan fingerprint density at radius 2 is 1.82 bits per heavy atom. The van der Waals surface area contributed by atoms with E-state index >= 15 is 0 Å². The number of nitrogens with one attached hydrogen (secondary N) is 1. The van der Waals surface area contributed by atoms with E-state index in [1.165, 1.54) is 21.6 Å². The van der Waals surface area contributed by atoms with Gasteiger partial charge in [-0.05, 0) is 48.4 Å². The number of rotatable bonds is 5. The second-order valence-electron chi connectivity index (χ2n) is 4.38. The van der Waals surface area contributed by atoms with E-state index in [0.717, 1.165) is 19.5 Å². The summed E-state index contributed by atoms with van der Waals surface area (Å²) in [6, 6.07) is 10.8. The first-order chi connectivity index (χ1) is 8.27. The van der Waals surface area contributed by atoms with E-state index in [0.29, 0.717) is 0 Å². The lowest BCUT2D eigenvalue weighted by Gasteiger charge is -2.10. The smallest absolute Gasteiger partial charge is 0.0210 e. The first-order valence-corrected chi connectivity index (χ1v) is 6.93. The van der Waals surface area contributed by atoms with Crippen LogP contribution < -0.4 is 5.32 Å². The van der Waals surface area contributed by atoms with Gasteiger partial charge in [0.05, 0.1) is 0 Å². The molecule has 0 saturated carbocycles. The van der Waals surface area contributed by atoms with Crippen molar-refractivity contribution in [2.45, 2.75) is 26.8 Å². The summed E-state index contributed by atoms with van der Waals surface area (Å²) < 4.78 is 0. The molecule has 0 bridgehead atoms. The number of aryl methyl sites for hydroxylation is 2. The molecule has 90 valence electrons. The predicted molar refractivity (Wildman–Crippen MR) is 75.6 cm³/mol. The standard InChI is InChI=1S/C15H19NS/c1-12-5-3-6-13(2)15(12)11-16-9-8-14-7-4-10-17-14/h3-7,10,16H,8-9,11H2,1-2H3. The minimum Gasteiger partial charge on any atom is -0.312 e. The van der Waals surface area contributed by atoms with E-state index in [2.05, 4.69) is 54.9 Å². The SMILES string of the molecule is Cc1cccc(C)c1CNCCc1cccs1. The molecule has 0 aliphatic rings. The van der Waals surface area contributed by atoms with Crippen LogP contribution in [-0.4, -0.2) is 6.54 Å². The third kappa shape index (κ3) is 3.42. The van der Waals surface area contributed by atoms with Crippen molar-refractivity contribution < 1.29 is 0 Å². The highest BCUT2D eigenvalue weighted by Gasteiger charge is 2.01. The van der Waals surface area contributed by atoms with E-state index in [1.807, 2.05) is 11.3 Å². The fourth-order valence-electron chi connectivity index (χ4n) is 2.01. The van der Waals surface area contributed by atoms with Crippen LogP contribution in [0.1, 0.15) is 21.6 Å². The summed E-state index contributed by atoms with van der Waals surface area (Å²) in [6.07, 6.45) is 1.13. The van der Waals surface area contributed by atoms with E-state index in [9.17, 15) is 0 Å². The van der Waals surface area contributed by atoms with E-state index < -0.39 is 0 Å². The zero-order chi connectivity index (χ0) is 12.1. The Morgan fingerprint density at radius 1 is 1.06 bits per heavy atom. The van der Waals surface area contributed by atoms with Crippen LogP contribution in [-0.2, 0) is 13.0 Å². The van der Waals surface area contributed by atoms with Gasteiger partial charge in [-0.25, -0.2) is 0 Å². The molecule has 1 heterocycles. The molecule has 2 rings (SSSR count). The summed E-state index contributed by atoms with van der Waals surface area (Å²) >= 11 is 1.84. The molecule has 1 aromatic carbocycles. The molecule has 0 atom stereocenters. The third-order valence-electron chi connectivity index (χ3n) is 3.07. The van der Waals surface area contributed by atoms with Crippen molar-refractivity contribution in [3.8, 4) is 0 Å². The highest BCUT2D eigenvalue weighted by atomic mass is 32.1. The van der Waals surface area contributed by atoms with Crippen molar-refractivity contribution in [3.63, 3.8) is 0 Å². The van der Waals surface area contributed by atoms with Gasteiger partial charge in [0.25, 0.3) is 0 Å². The molecule has 1 nitrogen and oxygen atoms in total. The van der Waals surface area contributed by atoms with Gasteiger partial charge in [0, 0.05) is 18.0 Å². The fraction of sp³-hybridized carbons (Fsp3) is 0.333. The average molecular weight is 245 g/mol. The van der Waals surface area contributed by atoms with Gasteiger partial charge in [0.1, 0.15) is 0 Å². The molecule has 2 aromatic rings. The maximum absolute atomic E-state index is 3.53. The minimum atomic E-state index is 0.976. The molecule has 2 heteroatoms. The van der Waals surface area contributed by atoms with Crippen molar-refractivity contribution in [1.82, 2.24) is 5.32 Å². The van der Waals surface area contributed by atoms with Crippen LogP contribution in [0.25, 0.3) is 0 Å². The number of hydrogen-bond acceptors (Lipinski definition) is 2. The summed E-state index contributed by atoms with van der Waals surface area (Å²) in [5.41, 5.74) is 4.21. The van der Waals surface area contributed by atoms with Crippen molar-refractivity contribution in [2.75, 3.05) is 6.54 Å². The molecule has 0 spiro atoms. The molecular formula is C15H19NS. The van der Waals surface area contributed by atoms with E-state index in [4.69, 9.17) is 0 Å². The van der Waals surface area contributed by atoms with E-state index in [-0.39, 0.29) is 0 Å². The van der Waals surface area contributed by atoms with Crippen LogP contribution in [0.2, 0.25) is 0 Å². The fourth-order valence-corrected chi connectivity index (χ4v) is 2.72. The van der Waals surface area contributed by atoms with Gasteiger partial charge in [0.2, 0.25) is 0 Å². The molecule has 0 radical (unpaired) electrons. The molecule has 0 aliphatic carbocycles. The third-order valence-corrected chi connectivity index (χ3v) is 4.01. The number of hydrogen-bond donors (Lipinski definition) is 1. The van der Waals surface area contributed by atoms with Crippen molar-refractivity contribution in [1.29, 1.82) is 0 Å². The Bertz CT molecular complexity index is 440. The second kappa shape index (κ2) is 5.99. The summed E-state index contributed by atoms with van der Waals surface area (Å²) in [5, 5.41) is 5.67. The predicted octanol–water partition coefficient (Wildman–Crippen LogP) is 3.70. The highest BCUT2D eigenvalue weighted by Crippen LogP contribution is 2.13. The zero-order valence-corrected chi connectivity index (χ0v) is 11.3. The monoisotopic (exact) mass is 245 g/mol. The van der Waals surface area contributed by atoms with Crippen molar-refractivity contribution in [2.24, 2.45) is 0 Å². The van der Waals surface area contributed by atoms with Gasteiger partial charge in [-0.2, -0.15) is 0 Å². The normalized spacial score (nSPS) is 10.7. The zero-order valence-electron chi connectivity index (χ0n) is 10.5. The molecule has 1 aromatic heterocycles. The number of thiophene rings is 1. The summed E-state index contributed by atoms with van der Waals surface area (Å²) in [6.45, 7) is 6.39. The first kappa shape index (κ1) is 12.3. The van der Waals surface area contributed by atoms with Crippen molar-refractivity contribution in [3.05, 3.63) is 57.3 Å². The Labute approximate surface area is 108 Å². The molecule has 17 heavy (non-hydrogen) atoms. The Kier molecular flexibility index (Phi) is 4.35. The van der Waals surface area contributed by atoms with Crippen LogP contribution in [0, 0.1) is 13.8 Å². The van der Waals surface area contributed by atoms with Gasteiger partial charge >= 0.3 is 0 Å². The van der Waals surface area contributed by atoms with E-state index in [1.54, 1.807) is 0 Å². The van der Waals surface area contributed by atoms with Crippen molar-refractivity contribution >= 4 is 11.3 Å². The van der Waals surface area contributed by atoms with Gasteiger partial charge in [0.15, 0.2) is 0 Å². The quantitative estimate of drug-likeness (QED) is 0.792. The lowest BCUT2D eigenvalue weighted by atomic mass is 10.0. The van der Waals surface area contributed by atoms with Crippen LogP contribution >= 0.6 is 11.3 Å². The maximum atomic E-state index is 3.53.